The van der Waals surface area contributed by atoms with Crippen LogP contribution in [0.5, 0.6) is 0 Å². The normalized spacial score (nSPS) is 19.8. The molecule has 0 unspecified atom stereocenters. The fraction of sp³-hybridized carbons (Fsp3) is 0. The van der Waals surface area contributed by atoms with E-state index < -0.39 is 0 Å². The zero-order valence-electron chi connectivity index (χ0n) is 2.86. The summed E-state index contributed by atoms with van der Waals surface area (Å²) in [6.07, 6.45) is 1.69. The third-order valence-corrected chi connectivity index (χ3v) is 1.27. The summed E-state index contributed by atoms with van der Waals surface area (Å²) in [6, 6.07) is 0. The molecule has 0 saturated heterocycles. The molecule has 0 atom stereocenters. The Kier molecular flexibility index (Phi) is 1.27. The van der Waals surface area contributed by atoms with Crippen LogP contribution in [0.2, 0.25) is 0 Å². The molecule has 1 heterocycles. The minimum Gasteiger partial charge on any atom is -0.334 e. The van der Waals surface area contributed by atoms with E-state index >= 15 is 0 Å². The predicted octanol–water partition coefficient (Wildman–Crippen LogP) is 1.36. The van der Waals surface area contributed by atoms with Gasteiger partial charge in [-0.15, -0.1) is 0 Å². The van der Waals surface area contributed by atoms with Gasteiger partial charge in [-0.1, -0.05) is 11.6 Å². The van der Waals surface area contributed by atoms with E-state index in [0.717, 1.165) is 0 Å². The number of hydrogen-bond donors (Lipinski definition) is 1. The van der Waals surface area contributed by atoms with Gasteiger partial charge >= 0.3 is 0 Å². The van der Waals surface area contributed by atoms with Crippen LogP contribution in [0.15, 0.2) is 11.2 Å². The van der Waals surface area contributed by atoms with E-state index in [4.69, 9.17) is 11.6 Å². The van der Waals surface area contributed by atoms with E-state index in [9.17, 15) is 0 Å². The molecule has 0 aliphatic carbocycles. The summed E-state index contributed by atoms with van der Waals surface area (Å²) in [5.41, 5.74) is 0. The van der Waals surface area contributed by atoms with Crippen LogP contribution in [-0.4, -0.2) is 0 Å². The molecule has 6 heavy (non-hydrogen) atoms. The molecule has 0 bridgehead atoms. The number of rotatable bonds is 0. The van der Waals surface area contributed by atoms with Crippen molar-refractivity contribution >= 4 is 23.5 Å². The zero-order valence-corrected chi connectivity index (χ0v) is 4.44. The summed E-state index contributed by atoms with van der Waals surface area (Å²) in [4.78, 5) is 0. The van der Waals surface area contributed by atoms with E-state index in [1.807, 2.05) is 0 Å². The van der Waals surface area contributed by atoms with Gasteiger partial charge in [0.25, 0.3) is 0 Å². The van der Waals surface area contributed by atoms with Gasteiger partial charge in [-0.3, -0.25) is 0 Å². The summed E-state index contributed by atoms with van der Waals surface area (Å²) >= 11 is 6.74. The Labute approximate surface area is 45.9 Å². The maximum absolute atomic E-state index is 5.38. The number of nitrogens with one attached hydrogen (secondary N) is 1. The largest absolute Gasteiger partial charge is 0.334 e. The maximum atomic E-state index is 5.38. The van der Waals surface area contributed by atoms with Crippen LogP contribution in [0.1, 0.15) is 0 Å². The fourth-order valence-corrected chi connectivity index (χ4v) is 0.816. The molecule has 1 aliphatic heterocycles. The van der Waals surface area contributed by atoms with Gasteiger partial charge in [-0.05, 0) is 11.9 Å². The average Bonchev–Trinajstić information content (AvgIpc) is 1.86. The number of halogens is 1. The Bertz CT molecular complexity index is 80.9. The van der Waals surface area contributed by atoms with Gasteiger partial charge in [0.05, 0.1) is 5.03 Å². The van der Waals surface area contributed by atoms with Crippen molar-refractivity contribution in [3.8, 4) is 0 Å². The second kappa shape index (κ2) is 1.76. The summed E-state index contributed by atoms with van der Waals surface area (Å²) in [7, 11) is 0. The maximum Gasteiger partial charge on any atom is 0.119 e. The molecule has 0 saturated carbocycles. The first-order valence-corrected chi connectivity index (χ1v) is 2.62. The molecule has 2 radical (unpaired) electrons. The Hall–Kier alpha value is 0.180. The second-order valence-electron chi connectivity index (χ2n) is 0.814. The molecule has 32 valence electrons. The summed E-state index contributed by atoms with van der Waals surface area (Å²) in [5, 5.41) is 0.653. The van der Waals surface area contributed by atoms with Crippen LogP contribution in [-0.2, 0) is 0 Å². The highest BCUT2D eigenvalue weighted by atomic mass is 35.5. The summed E-state index contributed by atoms with van der Waals surface area (Å²) < 4.78 is 2.78. The molecule has 0 aromatic heterocycles. The molecule has 1 N–H and O–H groups in total. The molecule has 3 heteroatoms. The quantitative estimate of drug-likeness (QED) is 0.484. The lowest BCUT2D eigenvalue weighted by atomic mass is 10.7. The standard InChI is InChI=1S/C3H2ClNS/c4-3-1-5-6-2-3/h1,5H. The van der Waals surface area contributed by atoms with Crippen LogP contribution < -0.4 is 4.72 Å². The van der Waals surface area contributed by atoms with Crippen molar-refractivity contribution in [1.82, 2.24) is 4.72 Å². The highest BCUT2D eigenvalue weighted by molar-refractivity contribution is 8.00. The van der Waals surface area contributed by atoms with Crippen LogP contribution >= 0.6 is 23.5 Å². The van der Waals surface area contributed by atoms with Crippen molar-refractivity contribution < 1.29 is 0 Å². The van der Waals surface area contributed by atoms with Crippen molar-refractivity contribution in [2.75, 3.05) is 0 Å². The smallest absolute Gasteiger partial charge is 0.119 e. The van der Waals surface area contributed by atoms with Gasteiger partial charge in [0.2, 0.25) is 0 Å². The highest BCUT2D eigenvalue weighted by Gasteiger charge is 1.99. The highest BCUT2D eigenvalue weighted by Crippen LogP contribution is 2.19. The van der Waals surface area contributed by atoms with Crippen LogP contribution in [0.4, 0.5) is 0 Å². The predicted molar refractivity (Wildman–Crippen MR) is 27.9 cm³/mol. The zero-order chi connectivity index (χ0) is 4.41. The topological polar surface area (TPSA) is 12.0 Å². The van der Waals surface area contributed by atoms with Crippen molar-refractivity contribution in [2.45, 2.75) is 0 Å². The van der Waals surface area contributed by atoms with Gasteiger partial charge in [-0.2, -0.15) is 0 Å². The van der Waals surface area contributed by atoms with Crippen molar-refractivity contribution in [2.24, 2.45) is 0 Å². The molecule has 0 spiro atoms. The van der Waals surface area contributed by atoms with Crippen molar-refractivity contribution in [3.63, 3.8) is 0 Å². The lowest BCUT2D eigenvalue weighted by Crippen LogP contribution is -1.77. The minimum atomic E-state index is 0.653. The lowest BCUT2D eigenvalue weighted by Gasteiger charge is -1.76. The Balaban J connectivity index is 2.45. The molecule has 0 aromatic rings. The molecule has 0 aromatic carbocycles. The lowest BCUT2D eigenvalue weighted by molar-refractivity contribution is 1.45. The third kappa shape index (κ3) is 0.820. The first kappa shape index (κ1) is 4.34. The van der Waals surface area contributed by atoms with E-state index in [1.54, 1.807) is 6.20 Å². The van der Waals surface area contributed by atoms with Crippen molar-refractivity contribution in [3.05, 3.63) is 17.0 Å². The van der Waals surface area contributed by atoms with E-state index in [1.165, 1.54) is 11.9 Å². The summed E-state index contributed by atoms with van der Waals surface area (Å²) in [6.45, 7) is 0. The number of hydrogen-bond acceptors (Lipinski definition) is 2. The summed E-state index contributed by atoms with van der Waals surface area (Å²) in [5.74, 6) is 2.75. The van der Waals surface area contributed by atoms with E-state index in [2.05, 4.69) is 10.5 Å². The van der Waals surface area contributed by atoms with Gasteiger partial charge in [0.1, 0.15) is 5.75 Å². The van der Waals surface area contributed by atoms with Crippen molar-refractivity contribution in [1.29, 1.82) is 0 Å². The monoisotopic (exact) mass is 119 g/mol. The van der Waals surface area contributed by atoms with Gasteiger partial charge in [0.15, 0.2) is 0 Å². The second-order valence-corrected chi connectivity index (χ2v) is 1.87. The van der Waals surface area contributed by atoms with E-state index in [0.29, 0.717) is 5.03 Å². The van der Waals surface area contributed by atoms with E-state index in [-0.39, 0.29) is 0 Å². The molecule has 0 fully saturated rings. The fourth-order valence-electron chi connectivity index (χ4n) is 0.189. The van der Waals surface area contributed by atoms with Crippen LogP contribution in [0.3, 0.4) is 0 Å². The molecule has 1 aliphatic rings. The Morgan fingerprint density at radius 2 is 2.83 bits per heavy atom. The van der Waals surface area contributed by atoms with Crippen LogP contribution in [0, 0.1) is 5.75 Å². The van der Waals surface area contributed by atoms with Gasteiger partial charge < -0.3 is 4.72 Å². The first-order chi connectivity index (χ1) is 2.89. The average molecular weight is 120 g/mol. The molecule has 1 rings (SSSR count). The van der Waals surface area contributed by atoms with Gasteiger partial charge in [0, 0.05) is 6.20 Å². The molecule has 1 nitrogen and oxygen atoms in total. The Morgan fingerprint density at radius 1 is 2.00 bits per heavy atom. The SMILES string of the molecule is ClC1=CNS[C]1. The molecular formula is C3H2ClNS. The third-order valence-electron chi connectivity index (χ3n) is 0.393. The van der Waals surface area contributed by atoms with Crippen LogP contribution in [0.25, 0.3) is 0 Å². The molecular weight excluding hydrogens is 118 g/mol. The minimum absolute atomic E-state index is 0.653. The van der Waals surface area contributed by atoms with Gasteiger partial charge in [-0.25, -0.2) is 0 Å². The first-order valence-electron chi connectivity index (χ1n) is 1.42. The molecule has 0 amide bonds. The Morgan fingerprint density at radius 3 is 3.00 bits per heavy atom.